The zero-order valence-electron chi connectivity index (χ0n) is 11.0. The number of amides is 1. The highest BCUT2D eigenvalue weighted by Gasteiger charge is 2.15. The van der Waals surface area contributed by atoms with E-state index in [0.717, 1.165) is 5.56 Å². The third-order valence-electron chi connectivity index (χ3n) is 2.67. The Morgan fingerprint density at radius 1 is 1.50 bits per heavy atom. The van der Waals surface area contributed by atoms with Crippen LogP contribution in [0.15, 0.2) is 30.9 Å². The maximum Gasteiger partial charge on any atom is 0.255 e. The number of nitrogens with one attached hydrogen (secondary N) is 1. The molecule has 0 aliphatic rings. The Labute approximate surface area is 116 Å². The zero-order valence-corrected chi connectivity index (χ0v) is 11.0. The van der Waals surface area contributed by atoms with Crippen LogP contribution < -0.4 is 0 Å². The molecule has 6 nitrogen and oxygen atoms in total. The van der Waals surface area contributed by atoms with E-state index in [2.05, 4.69) is 27.0 Å². The van der Waals surface area contributed by atoms with Gasteiger partial charge in [0, 0.05) is 37.7 Å². The van der Waals surface area contributed by atoms with Crippen molar-refractivity contribution >= 4 is 5.91 Å². The summed E-state index contributed by atoms with van der Waals surface area (Å²) >= 11 is 0. The Morgan fingerprint density at radius 2 is 2.35 bits per heavy atom. The molecule has 0 atom stereocenters. The number of pyridine rings is 1. The largest absolute Gasteiger partial charge is 0.384 e. The average molecular weight is 270 g/mol. The number of aromatic amines is 1. The van der Waals surface area contributed by atoms with Gasteiger partial charge in [-0.3, -0.25) is 14.9 Å². The van der Waals surface area contributed by atoms with E-state index >= 15 is 0 Å². The SMILES string of the molecule is CN(Cc1cn[nH]c1)C(=O)c1ccncc1C#CCO. The Kier molecular flexibility index (Phi) is 4.47. The van der Waals surface area contributed by atoms with Crippen molar-refractivity contribution in [3.8, 4) is 11.8 Å². The van der Waals surface area contributed by atoms with E-state index in [1.165, 1.54) is 6.20 Å². The molecule has 0 radical (unpaired) electrons. The predicted octanol–water partition coefficient (Wildman–Crippen LogP) is 0.421. The van der Waals surface area contributed by atoms with Gasteiger partial charge in [-0.1, -0.05) is 11.8 Å². The molecule has 0 fully saturated rings. The lowest BCUT2D eigenvalue weighted by atomic mass is 10.1. The molecule has 0 aromatic carbocycles. The molecule has 20 heavy (non-hydrogen) atoms. The first-order chi connectivity index (χ1) is 9.72. The van der Waals surface area contributed by atoms with Gasteiger partial charge in [0.05, 0.1) is 17.3 Å². The van der Waals surface area contributed by atoms with Crippen molar-refractivity contribution in [1.29, 1.82) is 0 Å². The maximum absolute atomic E-state index is 12.4. The van der Waals surface area contributed by atoms with Crippen molar-refractivity contribution < 1.29 is 9.90 Å². The standard InChI is InChI=1S/C14H14N4O2/c1-18(10-11-7-16-17-8-11)14(20)13-4-5-15-9-12(13)3-2-6-19/h4-5,7-9,19H,6,10H2,1H3,(H,16,17). The van der Waals surface area contributed by atoms with Gasteiger partial charge >= 0.3 is 0 Å². The summed E-state index contributed by atoms with van der Waals surface area (Å²) in [6, 6.07) is 1.62. The molecule has 2 N–H and O–H groups in total. The fourth-order valence-electron chi connectivity index (χ4n) is 1.73. The second-order valence-corrected chi connectivity index (χ2v) is 4.15. The van der Waals surface area contributed by atoms with E-state index in [0.29, 0.717) is 17.7 Å². The number of H-pyrrole nitrogens is 1. The van der Waals surface area contributed by atoms with Crippen LogP contribution >= 0.6 is 0 Å². The molecule has 0 unspecified atom stereocenters. The molecule has 2 rings (SSSR count). The fourth-order valence-corrected chi connectivity index (χ4v) is 1.73. The first-order valence-corrected chi connectivity index (χ1v) is 5.99. The number of carbonyl (C=O) groups is 1. The lowest BCUT2D eigenvalue weighted by Crippen LogP contribution is -2.26. The number of hydrogen-bond acceptors (Lipinski definition) is 4. The number of hydrogen-bond donors (Lipinski definition) is 2. The van der Waals surface area contributed by atoms with Crippen LogP contribution in [0.3, 0.4) is 0 Å². The van der Waals surface area contributed by atoms with Gasteiger partial charge in [-0.05, 0) is 6.07 Å². The van der Waals surface area contributed by atoms with Crippen LogP contribution in [-0.4, -0.2) is 44.7 Å². The van der Waals surface area contributed by atoms with Gasteiger partial charge in [-0.15, -0.1) is 0 Å². The Balaban J connectivity index is 2.20. The van der Waals surface area contributed by atoms with E-state index < -0.39 is 0 Å². The predicted molar refractivity (Wildman–Crippen MR) is 72.6 cm³/mol. The van der Waals surface area contributed by atoms with Crippen molar-refractivity contribution in [2.75, 3.05) is 13.7 Å². The van der Waals surface area contributed by atoms with Crippen LogP contribution in [0.25, 0.3) is 0 Å². The third kappa shape index (κ3) is 3.22. The summed E-state index contributed by atoms with van der Waals surface area (Å²) in [4.78, 5) is 17.9. The van der Waals surface area contributed by atoms with Crippen LogP contribution in [0.5, 0.6) is 0 Å². The number of aromatic nitrogens is 3. The molecular formula is C14H14N4O2. The van der Waals surface area contributed by atoms with Gasteiger partial charge in [0.1, 0.15) is 6.61 Å². The van der Waals surface area contributed by atoms with Gasteiger partial charge in [0.15, 0.2) is 0 Å². The molecule has 0 saturated heterocycles. The first-order valence-electron chi connectivity index (χ1n) is 5.99. The van der Waals surface area contributed by atoms with Crippen LogP contribution in [0.2, 0.25) is 0 Å². The number of rotatable bonds is 3. The van der Waals surface area contributed by atoms with Crippen molar-refractivity contribution in [2.45, 2.75) is 6.54 Å². The summed E-state index contributed by atoms with van der Waals surface area (Å²) < 4.78 is 0. The summed E-state index contributed by atoms with van der Waals surface area (Å²) in [6.45, 7) is 0.192. The minimum atomic E-state index is -0.257. The second kappa shape index (κ2) is 6.50. The van der Waals surface area contributed by atoms with Crippen molar-refractivity contribution in [3.63, 3.8) is 0 Å². The van der Waals surface area contributed by atoms with E-state index in [1.54, 1.807) is 36.6 Å². The van der Waals surface area contributed by atoms with Crippen LogP contribution in [-0.2, 0) is 6.54 Å². The Hall–Kier alpha value is -2.65. The molecule has 0 bridgehead atoms. The van der Waals surface area contributed by atoms with E-state index in [-0.39, 0.29) is 12.5 Å². The third-order valence-corrected chi connectivity index (χ3v) is 2.67. The molecule has 2 heterocycles. The minimum absolute atomic E-state index is 0.157. The molecule has 0 spiro atoms. The van der Waals surface area contributed by atoms with Crippen LogP contribution in [0, 0.1) is 11.8 Å². The summed E-state index contributed by atoms with van der Waals surface area (Å²) in [5, 5.41) is 15.3. The second-order valence-electron chi connectivity index (χ2n) is 4.15. The molecule has 0 aliphatic carbocycles. The van der Waals surface area contributed by atoms with Crippen molar-refractivity contribution in [2.24, 2.45) is 0 Å². The lowest BCUT2D eigenvalue weighted by molar-refractivity contribution is 0.0784. The van der Waals surface area contributed by atoms with Crippen LogP contribution in [0.1, 0.15) is 21.5 Å². The van der Waals surface area contributed by atoms with Gasteiger partial charge in [0.2, 0.25) is 0 Å². The average Bonchev–Trinajstić information content (AvgIpc) is 2.97. The zero-order chi connectivity index (χ0) is 14.4. The summed E-state index contributed by atoms with van der Waals surface area (Å²) in [5.41, 5.74) is 1.88. The van der Waals surface area contributed by atoms with E-state index in [1.807, 2.05) is 0 Å². The highest BCUT2D eigenvalue weighted by Crippen LogP contribution is 2.10. The summed E-state index contributed by atoms with van der Waals surface area (Å²) in [6.07, 6.45) is 6.47. The number of aliphatic hydroxyl groups excluding tert-OH is 1. The highest BCUT2D eigenvalue weighted by atomic mass is 16.2. The monoisotopic (exact) mass is 270 g/mol. The maximum atomic E-state index is 12.4. The lowest BCUT2D eigenvalue weighted by Gasteiger charge is -2.16. The topological polar surface area (TPSA) is 82.1 Å². The molecular weight excluding hydrogens is 256 g/mol. The normalized spacial score (nSPS) is 9.70. The van der Waals surface area contributed by atoms with Crippen molar-refractivity contribution in [1.82, 2.24) is 20.1 Å². The first kappa shape index (κ1) is 13.8. The quantitative estimate of drug-likeness (QED) is 0.792. The molecule has 2 aromatic heterocycles. The van der Waals surface area contributed by atoms with E-state index in [9.17, 15) is 4.79 Å². The highest BCUT2D eigenvalue weighted by molar-refractivity contribution is 5.96. The molecule has 102 valence electrons. The number of aliphatic hydroxyl groups is 1. The Morgan fingerprint density at radius 3 is 3.05 bits per heavy atom. The molecule has 0 aliphatic heterocycles. The molecule has 6 heteroatoms. The number of nitrogens with zero attached hydrogens (tertiary/aromatic N) is 3. The van der Waals surface area contributed by atoms with Gasteiger partial charge < -0.3 is 10.0 Å². The molecule has 2 aromatic rings. The Bertz CT molecular complexity index is 641. The van der Waals surface area contributed by atoms with Gasteiger partial charge in [-0.25, -0.2) is 0 Å². The van der Waals surface area contributed by atoms with Gasteiger partial charge in [-0.2, -0.15) is 5.10 Å². The fraction of sp³-hybridized carbons (Fsp3) is 0.214. The molecule has 1 amide bonds. The number of carbonyl (C=O) groups excluding carboxylic acids is 1. The van der Waals surface area contributed by atoms with Crippen molar-refractivity contribution in [3.05, 3.63) is 47.5 Å². The minimum Gasteiger partial charge on any atom is -0.384 e. The molecule has 0 saturated carbocycles. The van der Waals surface area contributed by atoms with E-state index in [4.69, 9.17) is 5.11 Å². The van der Waals surface area contributed by atoms with Crippen LogP contribution in [0.4, 0.5) is 0 Å². The smallest absolute Gasteiger partial charge is 0.255 e. The summed E-state index contributed by atoms with van der Waals surface area (Å²) in [5.74, 6) is 5.10. The van der Waals surface area contributed by atoms with Gasteiger partial charge in [0.25, 0.3) is 5.91 Å². The summed E-state index contributed by atoms with van der Waals surface area (Å²) in [7, 11) is 1.71.